The molecule has 0 fully saturated rings. The first-order valence-corrected chi connectivity index (χ1v) is 10.6. The summed E-state index contributed by atoms with van der Waals surface area (Å²) in [6.45, 7) is 3.89. The van der Waals surface area contributed by atoms with Gasteiger partial charge in [-0.3, -0.25) is 9.59 Å². The average Bonchev–Trinajstić information content (AvgIpc) is 2.72. The molecule has 0 aliphatic carbocycles. The highest BCUT2D eigenvalue weighted by Gasteiger charge is 2.24. The van der Waals surface area contributed by atoms with E-state index < -0.39 is 16.1 Å². The number of carbonyl (C=O) groups is 1. The Morgan fingerprint density at radius 1 is 1.17 bits per heavy atom. The number of rotatable bonds is 5. The van der Waals surface area contributed by atoms with Crippen LogP contribution in [0, 0.1) is 0 Å². The fourth-order valence-corrected chi connectivity index (χ4v) is 3.69. The monoisotopic (exact) mass is 414 g/mol. The van der Waals surface area contributed by atoms with Crippen molar-refractivity contribution in [3.8, 4) is 0 Å². The molecule has 9 heteroatoms. The summed E-state index contributed by atoms with van der Waals surface area (Å²) >= 11 is 0. The second-order valence-electron chi connectivity index (χ2n) is 6.72. The van der Waals surface area contributed by atoms with E-state index in [1.165, 1.54) is 21.7 Å². The molecule has 1 amide bonds. The Balaban J connectivity index is 2.05. The van der Waals surface area contributed by atoms with E-state index >= 15 is 0 Å². The van der Waals surface area contributed by atoms with Gasteiger partial charge in [0.25, 0.3) is 11.5 Å². The summed E-state index contributed by atoms with van der Waals surface area (Å²) in [7, 11) is -2.25. The quantitative estimate of drug-likeness (QED) is 0.685. The van der Waals surface area contributed by atoms with Crippen LogP contribution in [0.4, 0.5) is 0 Å². The minimum Gasteiger partial charge on any atom is -0.334 e. The molecule has 152 valence electrons. The Kier molecular flexibility index (Phi) is 5.54. The SMILES string of the molecule is CCn1nc(C(=O)N(C)C(C)c2cccc(S(N)(=O)=O)c2)c2ccccc2c1=O. The van der Waals surface area contributed by atoms with Crippen LogP contribution >= 0.6 is 0 Å². The molecule has 2 aromatic carbocycles. The van der Waals surface area contributed by atoms with Crippen LogP contribution < -0.4 is 10.7 Å². The van der Waals surface area contributed by atoms with Crippen molar-refractivity contribution < 1.29 is 13.2 Å². The normalized spacial score (nSPS) is 12.7. The number of sulfonamides is 1. The molecule has 0 aliphatic rings. The van der Waals surface area contributed by atoms with Gasteiger partial charge in [-0.1, -0.05) is 30.3 Å². The molecule has 1 heterocycles. The lowest BCUT2D eigenvalue weighted by Crippen LogP contribution is -2.33. The third-order valence-electron chi connectivity index (χ3n) is 4.94. The maximum Gasteiger partial charge on any atom is 0.275 e. The summed E-state index contributed by atoms with van der Waals surface area (Å²) in [5.41, 5.74) is 0.524. The molecule has 0 saturated carbocycles. The lowest BCUT2D eigenvalue weighted by molar-refractivity contribution is 0.0736. The summed E-state index contributed by atoms with van der Waals surface area (Å²) < 4.78 is 24.5. The Bertz CT molecular complexity index is 1250. The van der Waals surface area contributed by atoms with E-state index in [2.05, 4.69) is 5.10 Å². The van der Waals surface area contributed by atoms with Gasteiger partial charge in [-0.05, 0) is 37.6 Å². The van der Waals surface area contributed by atoms with Crippen LogP contribution in [0.25, 0.3) is 10.8 Å². The summed E-state index contributed by atoms with van der Waals surface area (Å²) in [4.78, 5) is 27.2. The molecule has 0 bridgehead atoms. The molecule has 1 atom stereocenters. The molecule has 1 aromatic heterocycles. The number of benzene rings is 2. The van der Waals surface area contributed by atoms with Gasteiger partial charge in [0.15, 0.2) is 5.69 Å². The van der Waals surface area contributed by atoms with Crippen LogP contribution in [-0.2, 0) is 16.6 Å². The molecule has 0 aliphatic heterocycles. The number of nitrogens with two attached hydrogens (primary N) is 1. The summed E-state index contributed by atoms with van der Waals surface area (Å²) in [5, 5.41) is 10.4. The predicted octanol–water partition coefficient (Wildman–Crippen LogP) is 1.90. The van der Waals surface area contributed by atoms with Crippen LogP contribution in [0.3, 0.4) is 0 Å². The van der Waals surface area contributed by atoms with E-state index in [9.17, 15) is 18.0 Å². The molecule has 0 radical (unpaired) electrons. The van der Waals surface area contributed by atoms with E-state index in [0.717, 1.165) is 0 Å². The molecular weight excluding hydrogens is 392 g/mol. The van der Waals surface area contributed by atoms with Crippen molar-refractivity contribution in [3.05, 3.63) is 70.1 Å². The maximum atomic E-state index is 13.2. The number of primary sulfonamides is 1. The largest absolute Gasteiger partial charge is 0.334 e. The molecule has 3 rings (SSSR count). The molecule has 3 aromatic rings. The van der Waals surface area contributed by atoms with Gasteiger partial charge in [0, 0.05) is 19.0 Å². The van der Waals surface area contributed by atoms with Gasteiger partial charge >= 0.3 is 0 Å². The van der Waals surface area contributed by atoms with Gasteiger partial charge in [0.05, 0.1) is 16.3 Å². The van der Waals surface area contributed by atoms with Gasteiger partial charge in [0.2, 0.25) is 10.0 Å². The van der Waals surface area contributed by atoms with Crippen LogP contribution in [-0.4, -0.2) is 36.1 Å². The second-order valence-corrected chi connectivity index (χ2v) is 8.29. The number of carbonyl (C=O) groups excluding carboxylic acids is 1. The van der Waals surface area contributed by atoms with Crippen molar-refractivity contribution in [2.24, 2.45) is 5.14 Å². The first kappa shape index (κ1) is 20.7. The molecular formula is C20H22N4O4S. The number of hydrogen-bond donors (Lipinski definition) is 1. The van der Waals surface area contributed by atoms with Crippen LogP contribution in [0.15, 0.2) is 58.2 Å². The highest BCUT2D eigenvalue weighted by atomic mass is 32.2. The highest BCUT2D eigenvalue weighted by Crippen LogP contribution is 2.24. The van der Waals surface area contributed by atoms with E-state index in [0.29, 0.717) is 22.9 Å². The molecule has 0 spiro atoms. The van der Waals surface area contributed by atoms with Crippen LogP contribution in [0.2, 0.25) is 0 Å². The fourth-order valence-electron chi connectivity index (χ4n) is 3.13. The van der Waals surface area contributed by atoms with E-state index in [1.807, 2.05) is 0 Å². The summed E-state index contributed by atoms with van der Waals surface area (Å²) in [5.74, 6) is -0.378. The summed E-state index contributed by atoms with van der Waals surface area (Å²) in [6, 6.07) is 12.5. The number of nitrogens with zero attached hydrogens (tertiary/aromatic N) is 3. The van der Waals surface area contributed by atoms with Crippen molar-refractivity contribution in [2.75, 3.05) is 7.05 Å². The predicted molar refractivity (Wildman–Crippen MR) is 110 cm³/mol. The Morgan fingerprint density at radius 2 is 1.83 bits per heavy atom. The minimum atomic E-state index is -3.85. The Labute approximate surface area is 168 Å². The highest BCUT2D eigenvalue weighted by molar-refractivity contribution is 7.89. The number of aromatic nitrogens is 2. The lowest BCUT2D eigenvalue weighted by Gasteiger charge is -2.26. The Hall–Kier alpha value is -3.04. The Morgan fingerprint density at radius 3 is 2.45 bits per heavy atom. The topological polar surface area (TPSA) is 115 Å². The third kappa shape index (κ3) is 3.92. The second kappa shape index (κ2) is 7.76. The van der Waals surface area contributed by atoms with Crippen molar-refractivity contribution in [1.29, 1.82) is 0 Å². The minimum absolute atomic E-state index is 0.0224. The molecule has 29 heavy (non-hydrogen) atoms. The van der Waals surface area contributed by atoms with E-state index in [4.69, 9.17) is 5.14 Å². The molecule has 0 saturated heterocycles. The average molecular weight is 414 g/mol. The van der Waals surface area contributed by atoms with Crippen molar-refractivity contribution in [3.63, 3.8) is 0 Å². The van der Waals surface area contributed by atoms with E-state index in [1.54, 1.807) is 57.3 Å². The zero-order chi connectivity index (χ0) is 21.3. The number of amides is 1. The fraction of sp³-hybridized carbons (Fsp3) is 0.250. The molecule has 2 N–H and O–H groups in total. The van der Waals surface area contributed by atoms with Gasteiger partial charge in [-0.25, -0.2) is 18.2 Å². The number of hydrogen-bond acceptors (Lipinski definition) is 5. The molecule has 1 unspecified atom stereocenters. The van der Waals surface area contributed by atoms with E-state index in [-0.39, 0.29) is 22.1 Å². The number of aryl methyl sites for hydroxylation is 1. The van der Waals surface area contributed by atoms with Crippen molar-refractivity contribution in [1.82, 2.24) is 14.7 Å². The summed E-state index contributed by atoms with van der Waals surface area (Å²) in [6.07, 6.45) is 0. The third-order valence-corrected chi connectivity index (χ3v) is 5.85. The van der Waals surface area contributed by atoms with Gasteiger partial charge in [-0.15, -0.1) is 0 Å². The lowest BCUT2D eigenvalue weighted by atomic mass is 10.1. The zero-order valence-electron chi connectivity index (χ0n) is 16.4. The van der Waals surface area contributed by atoms with Gasteiger partial charge in [-0.2, -0.15) is 5.10 Å². The van der Waals surface area contributed by atoms with Crippen molar-refractivity contribution in [2.45, 2.75) is 31.3 Å². The van der Waals surface area contributed by atoms with Crippen LogP contribution in [0.1, 0.15) is 35.9 Å². The van der Waals surface area contributed by atoms with Crippen LogP contribution in [0.5, 0.6) is 0 Å². The van der Waals surface area contributed by atoms with Gasteiger partial charge < -0.3 is 4.90 Å². The number of fused-ring (bicyclic) bond motifs is 1. The van der Waals surface area contributed by atoms with Crippen molar-refractivity contribution >= 4 is 26.7 Å². The first-order chi connectivity index (χ1) is 13.6. The smallest absolute Gasteiger partial charge is 0.275 e. The van der Waals surface area contributed by atoms with Gasteiger partial charge in [0.1, 0.15) is 0 Å². The zero-order valence-corrected chi connectivity index (χ0v) is 17.2. The maximum absolute atomic E-state index is 13.2. The first-order valence-electron chi connectivity index (χ1n) is 9.05. The molecule has 8 nitrogen and oxygen atoms in total. The standard InChI is InChI=1S/C20H22N4O4S/c1-4-24-19(25)17-11-6-5-10-16(17)18(22-24)20(26)23(3)13(2)14-8-7-9-15(12-14)29(21,27)28/h5-13H,4H2,1-3H3,(H2,21,27,28).